The number of rotatable bonds is 10. The first kappa shape index (κ1) is 30.7. The van der Waals surface area contributed by atoms with E-state index in [2.05, 4.69) is 22.3 Å². The summed E-state index contributed by atoms with van der Waals surface area (Å²) in [6, 6.07) is 9.58. The van der Waals surface area contributed by atoms with Crippen LogP contribution in [0.2, 0.25) is 0 Å². The van der Waals surface area contributed by atoms with E-state index in [-0.39, 0.29) is 18.0 Å². The third-order valence-electron chi connectivity index (χ3n) is 8.63. The smallest absolute Gasteiger partial charge is 0.328 e. The predicted octanol–water partition coefficient (Wildman–Crippen LogP) is 6.24. The van der Waals surface area contributed by atoms with E-state index < -0.39 is 17.3 Å². The molecule has 3 aliphatic rings. The number of hydrogen-bond donors (Lipinski definition) is 1. The van der Waals surface area contributed by atoms with Crippen LogP contribution in [-0.2, 0) is 33.5 Å². The molecule has 2 unspecified atom stereocenters. The highest BCUT2D eigenvalue weighted by molar-refractivity contribution is 5.79. The van der Waals surface area contributed by atoms with Gasteiger partial charge in [-0.05, 0) is 103 Å². The molecule has 7 nitrogen and oxygen atoms in total. The van der Waals surface area contributed by atoms with Crippen LogP contribution in [0.3, 0.4) is 0 Å². The first-order valence-corrected chi connectivity index (χ1v) is 15.7. The third-order valence-corrected chi connectivity index (χ3v) is 8.63. The van der Waals surface area contributed by atoms with Crippen molar-refractivity contribution in [2.75, 3.05) is 38.2 Å². The molecule has 0 amide bonds. The Kier molecular flexibility index (Phi) is 9.43. The van der Waals surface area contributed by atoms with Gasteiger partial charge in [-0.3, -0.25) is 4.90 Å². The number of benzene rings is 1. The van der Waals surface area contributed by atoms with Gasteiger partial charge < -0.3 is 19.5 Å². The van der Waals surface area contributed by atoms with Crippen molar-refractivity contribution in [2.24, 2.45) is 5.92 Å². The van der Waals surface area contributed by atoms with Crippen molar-refractivity contribution in [3.63, 3.8) is 0 Å². The SMILES string of the molecule is CC(C)(C)OC(=O)C(c1cccc2c1CC(C(C)(C)F)CO2)N1CC[C@@H](OCCCCc2ccc3c(n2)NCCC3)C1. The van der Waals surface area contributed by atoms with Gasteiger partial charge >= 0.3 is 5.97 Å². The van der Waals surface area contributed by atoms with Gasteiger partial charge in [0.05, 0.1) is 12.7 Å². The van der Waals surface area contributed by atoms with Crippen molar-refractivity contribution in [3.8, 4) is 5.75 Å². The van der Waals surface area contributed by atoms with Gasteiger partial charge in [0.15, 0.2) is 0 Å². The van der Waals surface area contributed by atoms with Crippen LogP contribution >= 0.6 is 0 Å². The molecule has 1 fully saturated rings. The number of hydrogen-bond acceptors (Lipinski definition) is 7. The minimum atomic E-state index is -1.38. The highest BCUT2D eigenvalue weighted by atomic mass is 19.1. The van der Waals surface area contributed by atoms with Crippen LogP contribution in [-0.4, -0.2) is 66.1 Å². The summed E-state index contributed by atoms with van der Waals surface area (Å²) in [5.74, 6) is 1.21. The largest absolute Gasteiger partial charge is 0.493 e. The van der Waals surface area contributed by atoms with E-state index in [1.807, 2.05) is 39.0 Å². The summed E-state index contributed by atoms with van der Waals surface area (Å²) in [5, 5.41) is 3.42. The quantitative estimate of drug-likeness (QED) is 0.263. The Morgan fingerprint density at radius 2 is 2.02 bits per heavy atom. The normalized spacial score (nSPS) is 21.6. The van der Waals surface area contributed by atoms with E-state index in [1.54, 1.807) is 13.8 Å². The second kappa shape index (κ2) is 12.9. The number of unbranched alkanes of at least 4 members (excludes halogenated alkanes) is 1. The zero-order valence-electron chi connectivity index (χ0n) is 26.0. The summed E-state index contributed by atoms with van der Waals surface area (Å²) < 4.78 is 33.2. The number of fused-ring (bicyclic) bond motifs is 2. The number of pyridine rings is 1. The molecule has 1 aromatic heterocycles. The number of halogens is 1. The van der Waals surface area contributed by atoms with Gasteiger partial charge in [-0.1, -0.05) is 18.2 Å². The molecule has 3 atom stereocenters. The molecule has 0 bridgehead atoms. The molecule has 230 valence electrons. The fourth-order valence-electron chi connectivity index (χ4n) is 6.25. The van der Waals surface area contributed by atoms with Gasteiger partial charge in [0, 0.05) is 43.4 Å². The molecule has 2 aromatic rings. The number of likely N-dealkylation sites (tertiary alicyclic amines) is 1. The number of aromatic nitrogens is 1. The Labute approximate surface area is 250 Å². The molecule has 42 heavy (non-hydrogen) atoms. The van der Waals surface area contributed by atoms with Crippen LogP contribution in [0.25, 0.3) is 0 Å². The Balaban J connectivity index is 1.21. The molecule has 0 saturated carbocycles. The average molecular weight is 582 g/mol. The molecular formula is C34H48FN3O4. The maximum absolute atomic E-state index is 15.0. The van der Waals surface area contributed by atoms with Gasteiger partial charge in [0.25, 0.3) is 0 Å². The zero-order valence-corrected chi connectivity index (χ0v) is 26.0. The Bertz CT molecular complexity index is 1240. The second-order valence-corrected chi connectivity index (χ2v) is 13.6. The number of carbonyl (C=O) groups is 1. The lowest BCUT2D eigenvalue weighted by atomic mass is 9.82. The minimum absolute atomic E-state index is 0.0503. The van der Waals surface area contributed by atoms with Crippen molar-refractivity contribution in [2.45, 2.75) is 103 Å². The Morgan fingerprint density at radius 3 is 2.81 bits per heavy atom. The molecule has 8 heteroatoms. The summed E-state index contributed by atoms with van der Waals surface area (Å²) in [6.45, 7) is 12.2. The number of nitrogens with zero attached hydrogens (tertiary/aromatic N) is 2. The lowest BCUT2D eigenvalue weighted by Crippen LogP contribution is -2.40. The second-order valence-electron chi connectivity index (χ2n) is 13.6. The number of esters is 1. The highest BCUT2D eigenvalue weighted by Crippen LogP contribution is 2.40. The number of nitrogens with one attached hydrogen (secondary N) is 1. The van der Waals surface area contributed by atoms with E-state index in [0.29, 0.717) is 26.2 Å². The number of ether oxygens (including phenoxy) is 3. The van der Waals surface area contributed by atoms with Crippen molar-refractivity contribution in [1.82, 2.24) is 9.88 Å². The predicted molar refractivity (Wildman–Crippen MR) is 163 cm³/mol. The van der Waals surface area contributed by atoms with E-state index in [4.69, 9.17) is 19.2 Å². The fraction of sp³-hybridized carbons (Fsp3) is 0.647. The molecule has 1 N–H and O–H groups in total. The average Bonchev–Trinajstić information content (AvgIpc) is 3.39. The van der Waals surface area contributed by atoms with Crippen LogP contribution in [0.4, 0.5) is 10.2 Å². The van der Waals surface area contributed by atoms with Gasteiger partial charge in [0.1, 0.15) is 28.9 Å². The van der Waals surface area contributed by atoms with E-state index in [1.165, 1.54) is 12.0 Å². The van der Waals surface area contributed by atoms with E-state index in [9.17, 15) is 9.18 Å². The van der Waals surface area contributed by atoms with Crippen molar-refractivity contribution in [1.29, 1.82) is 0 Å². The van der Waals surface area contributed by atoms with Crippen LogP contribution in [0.15, 0.2) is 30.3 Å². The summed E-state index contributed by atoms with van der Waals surface area (Å²) >= 11 is 0. The number of carbonyl (C=O) groups excluding carboxylic acids is 1. The van der Waals surface area contributed by atoms with Crippen LogP contribution < -0.4 is 10.1 Å². The summed E-state index contributed by atoms with van der Waals surface area (Å²) in [6.07, 6.45) is 6.62. The monoisotopic (exact) mass is 581 g/mol. The molecule has 0 radical (unpaired) electrons. The maximum atomic E-state index is 15.0. The third kappa shape index (κ3) is 7.62. The lowest BCUT2D eigenvalue weighted by Gasteiger charge is -2.36. The van der Waals surface area contributed by atoms with E-state index in [0.717, 1.165) is 73.6 Å². The summed E-state index contributed by atoms with van der Waals surface area (Å²) in [4.78, 5) is 20.7. The van der Waals surface area contributed by atoms with Gasteiger partial charge in [0.2, 0.25) is 0 Å². The van der Waals surface area contributed by atoms with Crippen LogP contribution in [0, 0.1) is 5.92 Å². The molecule has 1 aromatic carbocycles. The molecule has 0 aliphatic carbocycles. The Hall–Kier alpha value is -2.71. The highest BCUT2D eigenvalue weighted by Gasteiger charge is 2.41. The molecule has 1 saturated heterocycles. The first-order chi connectivity index (χ1) is 20.0. The van der Waals surface area contributed by atoms with Gasteiger partial charge in [-0.25, -0.2) is 14.2 Å². The topological polar surface area (TPSA) is 72.9 Å². The van der Waals surface area contributed by atoms with E-state index >= 15 is 0 Å². The van der Waals surface area contributed by atoms with Crippen molar-refractivity contribution >= 4 is 11.8 Å². The molecule has 5 rings (SSSR count). The number of anilines is 1. The van der Waals surface area contributed by atoms with Crippen LogP contribution in [0.1, 0.15) is 88.7 Å². The Morgan fingerprint density at radius 1 is 1.19 bits per heavy atom. The maximum Gasteiger partial charge on any atom is 0.328 e. The fourth-order valence-corrected chi connectivity index (χ4v) is 6.25. The minimum Gasteiger partial charge on any atom is -0.493 e. The van der Waals surface area contributed by atoms with Crippen LogP contribution in [0.5, 0.6) is 5.75 Å². The molecule has 4 heterocycles. The van der Waals surface area contributed by atoms with Gasteiger partial charge in [-0.15, -0.1) is 0 Å². The van der Waals surface area contributed by atoms with Crippen molar-refractivity contribution in [3.05, 3.63) is 52.7 Å². The van der Waals surface area contributed by atoms with Crippen molar-refractivity contribution < 1.29 is 23.4 Å². The molecule has 3 aliphatic heterocycles. The molecular weight excluding hydrogens is 533 g/mol. The first-order valence-electron chi connectivity index (χ1n) is 15.7. The summed E-state index contributed by atoms with van der Waals surface area (Å²) in [7, 11) is 0. The van der Waals surface area contributed by atoms with Gasteiger partial charge in [-0.2, -0.15) is 0 Å². The lowest BCUT2D eigenvalue weighted by molar-refractivity contribution is -0.161. The number of alkyl halides is 1. The standard InChI is InChI=1S/C34H48FN3O4/c1-33(2,3)42-32(39)30(27-12-8-13-29-28(27)20-24(22-41-29)34(4,5)35)38-18-16-26(21-38)40-19-7-6-11-25-15-14-23-10-9-17-36-31(23)37-25/h8,12-15,24,26,30H,6-7,9-11,16-22H2,1-5H3,(H,36,37)/t24?,26-,30?/m1/s1. The summed E-state index contributed by atoms with van der Waals surface area (Å²) in [5.41, 5.74) is 2.20. The molecule has 0 spiro atoms. The zero-order chi connectivity index (χ0) is 29.9. The number of aryl methyl sites for hydroxylation is 2.